The van der Waals surface area contributed by atoms with E-state index in [0.29, 0.717) is 28.9 Å². The second-order valence-corrected chi connectivity index (χ2v) is 9.68. The number of hydrogen-bond acceptors (Lipinski definition) is 4. The number of rotatable bonds is 7. The molecule has 0 spiro atoms. The average Bonchev–Trinajstić information content (AvgIpc) is 2.79. The molecule has 0 aromatic heterocycles. The second-order valence-electron chi connectivity index (χ2n) is 8.03. The second kappa shape index (κ2) is 9.87. The molecule has 0 saturated heterocycles. The first-order valence-electron chi connectivity index (χ1n) is 10.4. The van der Waals surface area contributed by atoms with Gasteiger partial charge in [0.15, 0.2) is 0 Å². The highest BCUT2D eigenvalue weighted by atomic mass is 32.2. The van der Waals surface area contributed by atoms with Crippen LogP contribution in [0, 0.1) is 13.8 Å². The van der Waals surface area contributed by atoms with E-state index < -0.39 is 10.0 Å². The minimum Gasteiger partial charge on any atom is -0.348 e. The van der Waals surface area contributed by atoms with Crippen molar-refractivity contribution >= 4 is 27.5 Å². The molecule has 8 heteroatoms. The molecule has 2 amide bonds. The van der Waals surface area contributed by atoms with E-state index in [1.54, 1.807) is 81.7 Å². The molecule has 3 aromatic carbocycles. The molecule has 0 aliphatic rings. The Kier molecular flexibility index (Phi) is 7.18. The van der Waals surface area contributed by atoms with Crippen LogP contribution in [0.15, 0.2) is 71.6 Å². The van der Waals surface area contributed by atoms with Gasteiger partial charge in [0.25, 0.3) is 21.8 Å². The van der Waals surface area contributed by atoms with Gasteiger partial charge in [-0.05, 0) is 73.0 Å². The van der Waals surface area contributed by atoms with Crippen LogP contribution >= 0.6 is 0 Å². The Labute approximate surface area is 194 Å². The lowest BCUT2D eigenvalue weighted by molar-refractivity contribution is 0.0827. The first-order chi connectivity index (χ1) is 15.6. The van der Waals surface area contributed by atoms with Crippen LogP contribution < -0.4 is 10.0 Å². The summed E-state index contributed by atoms with van der Waals surface area (Å²) in [6.07, 6.45) is 0. The van der Waals surface area contributed by atoms with Gasteiger partial charge in [0, 0.05) is 37.5 Å². The molecule has 33 heavy (non-hydrogen) atoms. The van der Waals surface area contributed by atoms with Gasteiger partial charge in [-0.3, -0.25) is 14.3 Å². The number of sulfonamides is 1. The van der Waals surface area contributed by atoms with E-state index in [-0.39, 0.29) is 16.7 Å². The largest absolute Gasteiger partial charge is 0.348 e. The van der Waals surface area contributed by atoms with Gasteiger partial charge >= 0.3 is 0 Å². The number of anilines is 1. The highest BCUT2D eigenvalue weighted by Gasteiger charge is 2.17. The first-order valence-corrected chi connectivity index (χ1v) is 11.8. The van der Waals surface area contributed by atoms with Crippen molar-refractivity contribution in [1.82, 2.24) is 10.2 Å². The summed E-state index contributed by atoms with van der Waals surface area (Å²) in [4.78, 5) is 26.1. The fourth-order valence-corrected chi connectivity index (χ4v) is 4.59. The average molecular weight is 466 g/mol. The summed E-state index contributed by atoms with van der Waals surface area (Å²) in [5, 5.41) is 2.82. The third-order valence-corrected chi connectivity index (χ3v) is 6.62. The van der Waals surface area contributed by atoms with Crippen LogP contribution in [0.4, 0.5) is 5.69 Å². The van der Waals surface area contributed by atoms with E-state index in [1.807, 2.05) is 13.0 Å². The lowest BCUT2D eigenvalue weighted by Gasteiger charge is -2.12. The molecule has 0 aliphatic carbocycles. The highest BCUT2D eigenvalue weighted by molar-refractivity contribution is 7.92. The third kappa shape index (κ3) is 5.98. The molecule has 0 atom stereocenters. The fraction of sp³-hybridized carbons (Fsp3) is 0.200. The van der Waals surface area contributed by atoms with E-state index in [4.69, 9.17) is 0 Å². The normalized spacial score (nSPS) is 11.0. The smallest absolute Gasteiger partial charge is 0.262 e. The van der Waals surface area contributed by atoms with Crippen LogP contribution in [-0.2, 0) is 16.6 Å². The van der Waals surface area contributed by atoms with Crippen LogP contribution in [0.5, 0.6) is 0 Å². The quantitative estimate of drug-likeness (QED) is 0.556. The Bertz CT molecular complexity index is 1270. The van der Waals surface area contributed by atoms with Crippen LogP contribution in [0.25, 0.3) is 0 Å². The molecule has 0 bridgehead atoms. The molecule has 3 aromatic rings. The summed E-state index contributed by atoms with van der Waals surface area (Å²) in [6.45, 7) is 3.88. The van der Waals surface area contributed by atoms with Gasteiger partial charge in [0.2, 0.25) is 0 Å². The summed E-state index contributed by atoms with van der Waals surface area (Å²) in [6, 6.07) is 18.5. The number of nitrogens with zero attached hydrogens (tertiary/aromatic N) is 1. The summed E-state index contributed by atoms with van der Waals surface area (Å²) < 4.78 is 28.0. The Balaban J connectivity index is 1.62. The van der Waals surface area contributed by atoms with Gasteiger partial charge < -0.3 is 10.2 Å². The molecule has 172 valence electrons. The molecule has 0 unspecified atom stereocenters. The van der Waals surface area contributed by atoms with Gasteiger partial charge in [0.05, 0.1) is 4.90 Å². The number of aryl methyl sites for hydroxylation is 2. The van der Waals surface area contributed by atoms with Crippen LogP contribution in [0.3, 0.4) is 0 Å². The SMILES string of the molecule is Cc1ccc(C)c(S(=O)(=O)Nc2ccc(C(=O)NCc3ccc(C(=O)N(C)C)cc3)cc2)c1. The van der Waals surface area contributed by atoms with E-state index >= 15 is 0 Å². The maximum Gasteiger partial charge on any atom is 0.262 e. The monoisotopic (exact) mass is 465 g/mol. The van der Waals surface area contributed by atoms with E-state index in [0.717, 1.165) is 11.1 Å². The minimum atomic E-state index is -3.74. The molecule has 0 heterocycles. The number of amides is 2. The molecule has 0 fully saturated rings. The van der Waals surface area contributed by atoms with Gasteiger partial charge in [-0.1, -0.05) is 24.3 Å². The molecule has 3 rings (SSSR count). The Morgan fingerprint density at radius 3 is 2.06 bits per heavy atom. The van der Waals surface area contributed by atoms with Crippen molar-refractivity contribution in [2.24, 2.45) is 0 Å². The maximum atomic E-state index is 12.7. The Hall–Kier alpha value is -3.65. The Morgan fingerprint density at radius 1 is 0.848 bits per heavy atom. The van der Waals surface area contributed by atoms with Crippen LogP contribution in [0.2, 0.25) is 0 Å². The predicted octanol–water partition coefficient (Wildman–Crippen LogP) is 3.74. The molecular weight excluding hydrogens is 438 g/mol. The minimum absolute atomic E-state index is 0.0844. The Morgan fingerprint density at radius 2 is 1.45 bits per heavy atom. The zero-order valence-corrected chi connectivity index (χ0v) is 19.9. The summed E-state index contributed by atoms with van der Waals surface area (Å²) >= 11 is 0. The first kappa shape index (κ1) is 24.0. The lowest BCUT2D eigenvalue weighted by atomic mass is 10.1. The van der Waals surface area contributed by atoms with E-state index in [9.17, 15) is 18.0 Å². The maximum absolute atomic E-state index is 12.7. The number of nitrogens with one attached hydrogen (secondary N) is 2. The zero-order valence-electron chi connectivity index (χ0n) is 19.0. The molecule has 2 N–H and O–H groups in total. The van der Waals surface area contributed by atoms with Crippen molar-refractivity contribution in [3.05, 3.63) is 94.5 Å². The summed E-state index contributed by atoms with van der Waals surface area (Å²) in [5.74, 6) is -0.369. The van der Waals surface area contributed by atoms with Crippen molar-refractivity contribution in [3.63, 3.8) is 0 Å². The van der Waals surface area contributed by atoms with Crippen molar-refractivity contribution < 1.29 is 18.0 Å². The molecule has 7 nitrogen and oxygen atoms in total. The van der Waals surface area contributed by atoms with Crippen molar-refractivity contribution in [1.29, 1.82) is 0 Å². The van der Waals surface area contributed by atoms with E-state index in [1.165, 1.54) is 4.90 Å². The van der Waals surface area contributed by atoms with Crippen molar-refractivity contribution in [2.45, 2.75) is 25.3 Å². The highest BCUT2D eigenvalue weighted by Crippen LogP contribution is 2.21. The molecular formula is C25H27N3O4S. The molecule has 0 radical (unpaired) electrons. The fourth-order valence-electron chi connectivity index (χ4n) is 3.20. The molecule has 0 aliphatic heterocycles. The van der Waals surface area contributed by atoms with Crippen molar-refractivity contribution in [3.8, 4) is 0 Å². The topological polar surface area (TPSA) is 95.6 Å². The van der Waals surface area contributed by atoms with E-state index in [2.05, 4.69) is 10.0 Å². The van der Waals surface area contributed by atoms with Gasteiger partial charge in [-0.25, -0.2) is 8.42 Å². The standard InChI is InChI=1S/C25H27N3O4S/c1-17-5-6-18(2)23(15-17)33(31,32)27-22-13-11-20(12-14-22)24(29)26-16-19-7-9-21(10-8-19)25(30)28(3)4/h5-15,27H,16H2,1-4H3,(H,26,29). The predicted molar refractivity (Wildman–Crippen MR) is 129 cm³/mol. The lowest BCUT2D eigenvalue weighted by Crippen LogP contribution is -2.23. The van der Waals surface area contributed by atoms with Gasteiger partial charge in [-0.2, -0.15) is 0 Å². The summed E-state index contributed by atoms with van der Waals surface area (Å²) in [7, 11) is -0.357. The number of carbonyl (C=O) groups excluding carboxylic acids is 2. The number of hydrogen-bond donors (Lipinski definition) is 2. The van der Waals surface area contributed by atoms with Crippen molar-refractivity contribution in [2.75, 3.05) is 18.8 Å². The van der Waals surface area contributed by atoms with Gasteiger partial charge in [0.1, 0.15) is 0 Å². The zero-order chi connectivity index (χ0) is 24.2. The third-order valence-electron chi connectivity index (χ3n) is 5.09. The number of benzene rings is 3. The van der Waals surface area contributed by atoms with Crippen LogP contribution in [0.1, 0.15) is 37.4 Å². The van der Waals surface area contributed by atoms with Crippen LogP contribution in [-0.4, -0.2) is 39.2 Å². The summed E-state index contributed by atoms with van der Waals surface area (Å²) in [5.41, 5.74) is 3.72. The number of carbonyl (C=O) groups is 2. The van der Waals surface area contributed by atoms with Gasteiger partial charge in [-0.15, -0.1) is 0 Å². The molecule has 0 saturated carbocycles.